The van der Waals surface area contributed by atoms with E-state index < -0.39 is 10.0 Å². The Hall–Kier alpha value is -1.02. The number of rotatable bonds is 5. The Morgan fingerprint density at radius 1 is 1.04 bits per heavy atom. The van der Waals surface area contributed by atoms with Crippen LogP contribution in [0.25, 0.3) is 0 Å². The maximum absolute atomic E-state index is 13.0. The van der Waals surface area contributed by atoms with Gasteiger partial charge < -0.3 is 9.64 Å². The zero-order chi connectivity index (χ0) is 17.9. The predicted molar refractivity (Wildman–Crippen MR) is 95.2 cm³/mol. The van der Waals surface area contributed by atoms with Gasteiger partial charge in [-0.05, 0) is 43.4 Å². The van der Waals surface area contributed by atoms with E-state index in [2.05, 4.69) is 4.90 Å². The molecule has 2 heterocycles. The van der Waals surface area contributed by atoms with Crippen LogP contribution in [0.2, 0.25) is 0 Å². The van der Waals surface area contributed by atoms with Crippen molar-refractivity contribution >= 4 is 10.0 Å². The molecule has 2 fully saturated rings. The lowest BCUT2D eigenvalue weighted by atomic mass is 10.00. The van der Waals surface area contributed by atoms with Gasteiger partial charge in [0.2, 0.25) is 10.0 Å². The van der Waals surface area contributed by atoms with Gasteiger partial charge in [-0.15, -0.1) is 0 Å². The van der Waals surface area contributed by atoms with Crippen LogP contribution in [-0.2, 0) is 20.5 Å². The number of methoxy groups -OCH3 is 1. The van der Waals surface area contributed by atoms with Crippen LogP contribution in [-0.4, -0.2) is 63.1 Å². The Balaban J connectivity index is 1.52. The van der Waals surface area contributed by atoms with Gasteiger partial charge in [-0.1, -0.05) is 12.1 Å². The molecule has 25 heavy (non-hydrogen) atoms. The van der Waals surface area contributed by atoms with E-state index in [1.54, 1.807) is 23.5 Å². The number of nitrogens with zero attached hydrogens (tertiary/aromatic N) is 2. The monoisotopic (exact) mass is 370 g/mol. The lowest BCUT2D eigenvalue weighted by Crippen LogP contribution is -2.49. The zero-order valence-electron chi connectivity index (χ0n) is 14.7. The summed E-state index contributed by atoms with van der Waals surface area (Å²) < 4.78 is 45.2. The van der Waals surface area contributed by atoms with Crippen LogP contribution >= 0.6 is 0 Å². The lowest BCUT2D eigenvalue weighted by molar-refractivity contribution is 0.0190. The van der Waals surface area contributed by atoms with Gasteiger partial charge in [0.1, 0.15) is 5.82 Å². The average molecular weight is 370 g/mol. The first-order chi connectivity index (χ1) is 12.0. The summed E-state index contributed by atoms with van der Waals surface area (Å²) in [7, 11) is -1.58. The van der Waals surface area contributed by atoms with Crippen molar-refractivity contribution in [2.45, 2.75) is 43.6 Å². The maximum Gasteiger partial charge on any atom is 0.218 e. The van der Waals surface area contributed by atoms with E-state index in [1.165, 1.54) is 12.1 Å². The van der Waals surface area contributed by atoms with Crippen LogP contribution in [0.3, 0.4) is 0 Å². The molecule has 0 aromatic heterocycles. The molecule has 2 saturated heterocycles. The number of hydrogen-bond donors (Lipinski definition) is 0. The molecule has 2 aliphatic heterocycles. The van der Waals surface area contributed by atoms with Gasteiger partial charge in [0.15, 0.2) is 0 Å². The maximum atomic E-state index is 13.0. The fraction of sp³-hybridized carbons (Fsp3) is 0.667. The highest BCUT2D eigenvalue weighted by molar-refractivity contribution is 7.88. The second-order valence-corrected chi connectivity index (χ2v) is 8.95. The van der Waals surface area contributed by atoms with Crippen molar-refractivity contribution in [2.24, 2.45) is 0 Å². The second kappa shape index (κ2) is 8.12. The van der Waals surface area contributed by atoms with E-state index in [-0.39, 0.29) is 11.6 Å². The number of benzene rings is 1. The Morgan fingerprint density at radius 2 is 1.64 bits per heavy atom. The van der Waals surface area contributed by atoms with Crippen LogP contribution < -0.4 is 0 Å². The molecular weight excluding hydrogens is 343 g/mol. The summed E-state index contributed by atoms with van der Waals surface area (Å²) in [6, 6.07) is 6.16. The highest BCUT2D eigenvalue weighted by Crippen LogP contribution is 2.24. The summed E-state index contributed by atoms with van der Waals surface area (Å²) in [6.45, 7) is 3.20. The smallest absolute Gasteiger partial charge is 0.218 e. The molecule has 7 heteroatoms. The number of halogens is 1. The second-order valence-electron chi connectivity index (χ2n) is 6.98. The first kappa shape index (κ1) is 18.8. The summed E-state index contributed by atoms with van der Waals surface area (Å²) >= 11 is 0. The summed E-state index contributed by atoms with van der Waals surface area (Å²) in [5, 5.41) is 0. The third-order valence-electron chi connectivity index (χ3n) is 5.41. The van der Waals surface area contributed by atoms with Gasteiger partial charge in [-0.2, -0.15) is 0 Å². The Labute approximate surface area is 149 Å². The minimum absolute atomic E-state index is 0.0584. The number of likely N-dealkylation sites (tertiary alicyclic amines) is 1. The molecule has 0 N–H and O–H groups in total. The molecule has 0 spiro atoms. The molecule has 0 radical (unpaired) electrons. The van der Waals surface area contributed by atoms with Gasteiger partial charge >= 0.3 is 0 Å². The van der Waals surface area contributed by atoms with Crippen LogP contribution in [0.15, 0.2) is 24.3 Å². The highest BCUT2D eigenvalue weighted by atomic mass is 32.2. The van der Waals surface area contributed by atoms with E-state index in [4.69, 9.17) is 4.74 Å². The van der Waals surface area contributed by atoms with E-state index in [0.717, 1.165) is 38.8 Å². The van der Waals surface area contributed by atoms with Crippen molar-refractivity contribution in [2.75, 3.05) is 33.3 Å². The van der Waals surface area contributed by atoms with E-state index in [9.17, 15) is 12.8 Å². The van der Waals surface area contributed by atoms with Crippen molar-refractivity contribution in [3.63, 3.8) is 0 Å². The molecule has 0 unspecified atom stereocenters. The third-order valence-corrected chi connectivity index (χ3v) is 7.26. The van der Waals surface area contributed by atoms with Crippen LogP contribution in [0, 0.1) is 5.82 Å². The summed E-state index contributed by atoms with van der Waals surface area (Å²) in [5.41, 5.74) is 0.630. The molecule has 0 atom stereocenters. The lowest BCUT2D eigenvalue weighted by Gasteiger charge is -2.41. The van der Waals surface area contributed by atoms with E-state index >= 15 is 0 Å². The number of hydrogen-bond acceptors (Lipinski definition) is 4. The Morgan fingerprint density at radius 3 is 2.20 bits per heavy atom. The molecule has 0 bridgehead atoms. The Kier molecular flexibility index (Phi) is 6.09. The van der Waals surface area contributed by atoms with Crippen molar-refractivity contribution in [1.29, 1.82) is 0 Å². The molecule has 2 aliphatic rings. The van der Waals surface area contributed by atoms with E-state index in [1.807, 2.05) is 0 Å². The van der Waals surface area contributed by atoms with Crippen molar-refractivity contribution < 1.29 is 17.5 Å². The summed E-state index contributed by atoms with van der Waals surface area (Å²) in [4.78, 5) is 2.49. The minimum Gasteiger partial charge on any atom is -0.381 e. The standard InChI is InChI=1S/C18H27FN2O3S/c1-24-18-8-10-20(11-9-18)17-6-12-21(13-7-17)25(22,23)14-15-2-4-16(19)5-3-15/h2-5,17-18H,6-14H2,1H3. The summed E-state index contributed by atoms with van der Waals surface area (Å²) in [6.07, 6.45) is 4.23. The van der Waals surface area contributed by atoms with Gasteiger partial charge in [-0.3, -0.25) is 0 Å². The number of piperidine rings is 2. The van der Waals surface area contributed by atoms with Crippen LogP contribution in [0.5, 0.6) is 0 Å². The fourth-order valence-electron chi connectivity index (χ4n) is 3.84. The van der Waals surface area contributed by atoms with Crippen LogP contribution in [0.1, 0.15) is 31.2 Å². The van der Waals surface area contributed by atoms with E-state index in [0.29, 0.717) is 30.8 Å². The van der Waals surface area contributed by atoms with Gasteiger partial charge in [0.05, 0.1) is 11.9 Å². The predicted octanol–water partition coefficient (Wildman–Crippen LogP) is 2.23. The van der Waals surface area contributed by atoms with Crippen LogP contribution in [0.4, 0.5) is 4.39 Å². The summed E-state index contributed by atoms with van der Waals surface area (Å²) in [5.74, 6) is -0.406. The molecule has 0 saturated carbocycles. The van der Waals surface area contributed by atoms with Gasteiger partial charge in [0.25, 0.3) is 0 Å². The average Bonchev–Trinajstić information content (AvgIpc) is 2.64. The molecular formula is C18H27FN2O3S. The number of ether oxygens (including phenoxy) is 1. The molecule has 3 rings (SSSR count). The van der Waals surface area contributed by atoms with Gasteiger partial charge in [0, 0.05) is 39.3 Å². The van der Waals surface area contributed by atoms with Crippen molar-refractivity contribution in [3.8, 4) is 0 Å². The largest absolute Gasteiger partial charge is 0.381 e. The molecule has 1 aromatic carbocycles. The molecule has 0 amide bonds. The molecule has 0 aliphatic carbocycles. The molecule has 140 valence electrons. The SMILES string of the molecule is COC1CCN(C2CCN(S(=O)(=O)Cc3ccc(F)cc3)CC2)CC1. The highest BCUT2D eigenvalue weighted by Gasteiger charge is 2.32. The van der Waals surface area contributed by atoms with Crippen molar-refractivity contribution in [3.05, 3.63) is 35.6 Å². The zero-order valence-corrected chi connectivity index (χ0v) is 15.5. The molecule has 1 aromatic rings. The number of sulfonamides is 1. The first-order valence-electron chi connectivity index (χ1n) is 8.97. The topological polar surface area (TPSA) is 49.9 Å². The van der Waals surface area contributed by atoms with Gasteiger partial charge in [-0.25, -0.2) is 17.1 Å². The van der Waals surface area contributed by atoms with Crippen molar-refractivity contribution in [1.82, 2.24) is 9.21 Å². The molecule has 5 nitrogen and oxygen atoms in total. The normalized spacial score (nSPS) is 22.3. The third kappa shape index (κ3) is 4.78. The Bertz CT molecular complexity index is 649. The first-order valence-corrected chi connectivity index (χ1v) is 10.6. The minimum atomic E-state index is -3.34. The quantitative estimate of drug-likeness (QED) is 0.798. The fourth-order valence-corrected chi connectivity index (χ4v) is 5.41.